The smallest absolute Gasteiger partial charge is 0.257 e. The van der Waals surface area contributed by atoms with Crippen LogP contribution in [0.15, 0.2) is 286 Å². The summed E-state index contributed by atoms with van der Waals surface area (Å²) in [6, 6.07) is 99.8. The molecule has 440 valence electrons. The average molecular weight is 1190 g/mol. The molecule has 92 heavy (non-hydrogen) atoms. The van der Waals surface area contributed by atoms with Gasteiger partial charge in [0.25, 0.3) is 6.71 Å². The molecule has 0 aliphatic carbocycles. The first-order valence-electron chi connectivity index (χ1n) is 31.9. The summed E-state index contributed by atoms with van der Waals surface area (Å²) in [6.45, 7) is 13.4. The summed E-state index contributed by atoms with van der Waals surface area (Å²) in [5, 5.41) is 8.73. The summed E-state index contributed by atoms with van der Waals surface area (Å²) in [4.78, 5) is 9.85. The van der Waals surface area contributed by atoms with Crippen LogP contribution < -0.4 is 36.0 Å². The van der Waals surface area contributed by atoms with Gasteiger partial charge in [-0.25, -0.2) is 0 Å². The number of hydrogen-bond donors (Lipinski definition) is 0. The van der Waals surface area contributed by atoms with E-state index < -0.39 is 0 Å². The molecule has 18 rings (SSSR count). The summed E-state index contributed by atoms with van der Waals surface area (Å²) in [5.74, 6) is 0. The predicted molar refractivity (Wildman–Crippen MR) is 387 cm³/mol. The van der Waals surface area contributed by atoms with E-state index in [-0.39, 0.29) is 17.5 Å². The third-order valence-corrected chi connectivity index (χ3v) is 19.3. The minimum atomic E-state index is -0.299. The molecule has 0 unspecified atom stereocenters. The number of nitrogens with zero attached hydrogens (tertiary/aromatic N) is 4. The molecular weight excluding hydrogens is 1120 g/mol. The lowest BCUT2D eigenvalue weighted by Crippen LogP contribution is -2.61. The Morgan fingerprint density at radius 2 is 0.826 bits per heavy atom. The van der Waals surface area contributed by atoms with Gasteiger partial charge in [-0.15, -0.1) is 0 Å². The van der Waals surface area contributed by atoms with Crippen LogP contribution in [0.1, 0.15) is 52.7 Å². The van der Waals surface area contributed by atoms with Crippen molar-refractivity contribution in [3.8, 4) is 0 Å². The predicted octanol–water partition coefficient (Wildman–Crippen LogP) is 22.2. The van der Waals surface area contributed by atoms with E-state index in [0.717, 1.165) is 145 Å². The zero-order valence-corrected chi connectivity index (χ0v) is 52.1. The molecule has 7 nitrogen and oxygen atoms in total. The maximum atomic E-state index is 7.62. The fraction of sp³-hybridized carbons (Fsp3) is 0.0952. The minimum Gasteiger partial charge on any atom is -0.456 e. The molecule has 2 aliphatic heterocycles. The van der Waals surface area contributed by atoms with E-state index in [9.17, 15) is 0 Å². The van der Waals surface area contributed by atoms with Crippen molar-refractivity contribution >= 4 is 168 Å². The molecule has 0 fully saturated rings. The number of furan rings is 3. The summed E-state index contributed by atoms with van der Waals surface area (Å²) in [5.41, 5.74) is 23.4. The van der Waals surface area contributed by atoms with Gasteiger partial charge >= 0.3 is 0 Å². The second-order valence-corrected chi connectivity index (χ2v) is 26.9. The topological polar surface area (TPSA) is 52.4 Å². The van der Waals surface area contributed by atoms with Gasteiger partial charge in [0.15, 0.2) is 0 Å². The number of fused-ring (bicyclic) bond motifs is 15. The maximum absolute atomic E-state index is 7.62. The van der Waals surface area contributed by atoms with Crippen molar-refractivity contribution in [1.82, 2.24) is 0 Å². The fourth-order valence-electron chi connectivity index (χ4n) is 14.8. The van der Waals surface area contributed by atoms with Crippen LogP contribution in [0.4, 0.5) is 68.2 Å². The Labute approximate surface area is 534 Å². The molecule has 0 bridgehead atoms. The lowest BCUT2D eigenvalue weighted by atomic mass is 9.33. The first-order valence-corrected chi connectivity index (χ1v) is 31.9. The SMILES string of the molecule is CC(C)(C)c1ccc(N2c3cc(N(c4ccc5c(c4)oc4ccccc45)c4ccc5oc6ccccc6c5c4)ccc3B3c4c2cccc4N(c2ccc(C(C)(C)C)cc2)c2cc(N(c4ccccc4)c4ccc5ccccc5c4)c4c(oc5ccccc54)c23)cc1. The lowest BCUT2D eigenvalue weighted by Gasteiger charge is -2.44. The molecule has 0 saturated heterocycles. The highest BCUT2D eigenvalue weighted by molar-refractivity contribution is 7.01. The van der Waals surface area contributed by atoms with Crippen molar-refractivity contribution in [3.63, 3.8) is 0 Å². The van der Waals surface area contributed by atoms with E-state index in [1.54, 1.807) is 0 Å². The second kappa shape index (κ2) is 20.1. The highest BCUT2D eigenvalue weighted by Crippen LogP contribution is 2.52. The Balaban J connectivity index is 0.936. The lowest BCUT2D eigenvalue weighted by molar-refractivity contribution is 0.590. The van der Waals surface area contributed by atoms with Gasteiger partial charge in [-0.1, -0.05) is 181 Å². The van der Waals surface area contributed by atoms with Crippen molar-refractivity contribution < 1.29 is 13.3 Å². The van der Waals surface area contributed by atoms with Gasteiger partial charge in [-0.2, -0.15) is 0 Å². The summed E-state index contributed by atoms with van der Waals surface area (Å²) >= 11 is 0. The van der Waals surface area contributed by atoms with Crippen LogP contribution in [0, 0.1) is 0 Å². The maximum Gasteiger partial charge on any atom is 0.257 e. The number of hydrogen-bond acceptors (Lipinski definition) is 7. The quantitative estimate of drug-likeness (QED) is 0.141. The summed E-state index contributed by atoms with van der Waals surface area (Å²) in [6.07, 6.45) is 0. The van der Waals surface area contributed by atoms with Crippen molar-refractivity contribution in [2.75, 3.05) is 19.6 Å². The molecule has 8 heteroatoms. The van der Waals surface area contributed by atoms with Gasteiger partial charge in [0, 0.05) is 95.6 Å². The zero-order chi connectivity index (χ0) is 61.7. The Bertz CT molecular complexity index is 5650. The third kappa shape index (κ3) is 8.36. The van der Waals surface area contributed by atoms with Gasteiger partial charge in [-0.05, 0) is 177 Å². The Morgan fingerprint density at radius 3 is 1.51 bits per heavy atom. The molecule has 0 N–H and O–H groups in total. The molecule has 0 spiro atoms. The Hall–Kier alpha value is -11.2. The van der Waals surface area contributed by atoms with E-state index in [2.05, 4.69) is 316 Å². The molecular formula is C84H63BN4O3. The van der Waals surface area contributed by atoms with Crippen LogP contribution in [0.25, 0.3) is 76.6 Å². The van der Waals surface area contributed by atoms with Crippen molar-refractivity contribution in [1.29, 1.82) is 0 Å². The molecule has 3 aromatic heterocycles. The molecule has 13 aromatic carbocycles. The van der Waals surface area contributed by atoms with Gasteiger partial charge < -0.3 is 32.9 Å². The van der Waals surface area contributed by atoms with E-state index in [1.807, 2.05) is 18.2 Å². The van der Waals surface area contributed by atoms with Gasteiger partial charge in [-0.3, -0.25) is 0 Å². The monoisotopic (exact) mass is 1190 g/mol. The Kier molecular flexibility index (Phi) is 11.8. The summed E-state index contributed by atoms with van der Waals surface area (Å²) < 4.78 is 20.8. The molecule has 0 radical (unpaired) electrons. The molecule has 0 amide bonds. The molecule has 0 atom stereocenters. The van der Waals surface area contributed by atoms with E-state index in [0.29, 0.717) is 0 Å². The van der Waals surface area contributed by atoms with Gasteiger partial charge in [0.1, 0.15) is 33.5 Å². The van der Waals surface area contributed by atoms with Crippen LogP contribution in [0.2, 0.25) is 0 Å². The van der Waals surface area contributed by atoms with Crippen LogP contribution in [-0.4, -0.2) is 6.71 Å². The fourth-order valence-corrected chi connectivity index (χ4v) is 14.8. The standard InChI is InChI=1S/C84H63BN4O3/c1-83(2,3)54-32-37-57(38-33-54)88-69-26-18-27-70-80(69)85(68-45-42-61(49-71(68)88)86(60-43-46-77-67(48-60)64-24-13-16-29-75(64)90-77)62-41-44-65-63-23-12-15-28-74(63)91-78(65)50-62)81-73(89(70)58-39-34-55(35-40-58)84(4,5)6)51-72(79-66-25-14-17-30-76(66)92-82(79)81)87(56-21-8-7-9-22-56)59-36-31-52-19-10-11-20-53(52)47-59/h7-51H,1-6H3. The first-order chi connectivity index (χ1) is 44.9. The molecule has 2 aliphatic rings. The third-order valence-electron chi connectivity index (χ3n) is 19.3. The first kappa shape index (κ1) is 53.8. The average Bonchev–Trinajstić information content (AvgIpc) is 0.842. The van der Waals surface area contributed by atoms with Gasteiger partial charge in [0.2, 0.25) is 0 Å². The minimum absolute atomic E-state index is 0.0548. The largest absolute Gasteiger partial charge is 0.456 e. The number of para-hydroxylation sites is 4. The number of rotatable bonds is 8. The second-order valence-electron chi connectivity index (χ2n) is 26.9. The molecule has 16 aromatic rings. The zero-order valence-electron chi connectivity index (χ0n) is 52.1. The molecule has 5 heterocycles. The van der Waals surface area contributed by atoms with Crippen molar-refractivity contribution in [2.45, 2.75) is 52.4 Å². The van der Waals surface area contributed by atoms with E-state index in [4.69, 9.17) is 13.3 Å². The highest BCUT2D eigenvalue weighted by Gasteiger charge is 2.46. The summed E-state index contributed by atoms with van der Waals surface area (Å²) in [7, 11) is 0. The van der Waals surface area contributed by atoms with Crippen LogP contribution >= 0.6 is 0 Å². The van der Waals surface area contributed by atoms with Crippen molar-refractivity contribution in [2.24, 2.45) is 0 Å². The van der Waals surface area contributed by atoms with Crippen LogP contribution in [0.5, 0.6) is 0 Å². The van der Waals surface area contributed by atoms with Crippen LogP contribution in [0.3, 0.4) is 0 Å². The normalized spacial score (nSPS) is 13.0. The van der Waals surface area contributed by atoms with Gasteiger partial charge in [0.05, 0.1) is 11.1 Å². The molecule has 0 saturated carbocycles. The Morgan fingerprint density at radius 1 is 0.315 bits per heavy atom. The number of anilines is 12. The highest BCUT2D eigenvalue weighted by atomic mass is 16.3. The van der Waals surface area contributed by atoms with E-state index in [1.165, 1.54) is 27.4 Å². The van der Waals surface area contributed by atoms with Crippen LogP contribution in [-0.2, 0) is 10.8 Å². The number of benzene rings is 13. The van der Waals surface area contributed by atoms with E-state index >= 15 is 0 Å². The van der Waals surface area contributed by atoms with Crippen molar-refractivity contribution in [3.05, 3.63) is 284 Å².